The summed E-state index contributed by atoms with van der Waals surface area (Å²) in [5.41, 5.74) is 0. The number of carbonyl (C=O) groups excluding carboxylic acids is 1. The molecule has 0 unspecified atom stereocenters. The molecule has 0 heterocycles. The minimum absolute atomic E-state index is 0.319. The second-order valence-corrected chi connectivity index (χ2v) is 8.16. The highest BCUT2D eigenvalue weighted by Gasteiger charge is 2.29. The van der Waals surface area contributed by atoms with Crippen molar-refractivity contribution in [2.24, 2.45) is 0 Å². The zero-order valence-corrected chi connectivity index (χ0v) is 14.5. The Labute approximate surface area is 124 Å². The van der Waals surface area contributed by atoms with Gasteiger partial charge in [0.2, 0.25) is 0 Å². The molecular formula is C14H31NO4Si. The number of ether oxygens (including phenoxy) is 1. The molecule has 0 aliphatic rings. The van der Waals surface area contributed by atoms with Crippen LogP contribution in [0.2, 0.25) is 12.6 Å². The first-order valence-corrected chi connectivity index (χ1v) is 10.3. The lowest BCUT2D eigenvalue weighted by Crippen LogP contribution is -2.38. The van der Waals surface area contributed by atoms with E-state index in [1.807, 2.05) is 13.8 Å². The summed E-state index contributed by atoms with van der Waals surface area (Å²) in [6, 6.07) is 1.04. The third-order valence-electron chi connectivity index (χ3n) is 3.00. The van der Waals surface area contributed by atoms with Gasteiger partial charge in [0.1, 0.15) is 0 Å². The van der Waals surface area contributed by atoms with Crippen molar-refractivity contribution >= 4 is 14.7 Å². The van der Waals surface area contributed by atoms with Gasteiger partial charge < -0.3 is 18.9 Å². The number of alkyl carbamates (subject to hydrolysis) is 1. The van der Waals surface area contributed by atoms with Crippen molar-refractivity contribution < 1.29 is 18.4 Å². The molecule has 0 aliphatic carbocycles. The smallest absolute Gasteiger partial charge is 0.407 e. The summed E-state index contributed by atoms with van der Waals surface area (Å²) in [5.74, 6) is 0. The molecule has 120 valence electrons. The number of amides is 1. The lowest BCUT2D eigenvalue weighted by atomic mass is 10.2. The molecule has 0 atom stereocenters. The third-order valence-corrected chi connectivity index (χ3v) is 6.06. The predicted octanol–water partition coefficient (Wildman–Crippen LogP) is 3.44. The van der Waals surface area contributed by atoms with E-state index in [0.717, 1.165) is 44.9 Å². The minimum Gasteiger partial charge on any atom is -0.450 e. The maximum absolute atomic E-state index is 11.0. The van der Waals surface area contributed by atoms with Crippen molar-refractivity contribution in [3.05, 3.63) is 0 Å². The Hall–Kier alpha value is -0.593. The Kier molecular flexibility index (Phi) is 11.8. The fourth-order valence-corrected chi connectivity index (χ4v) is 4.58. The van der Waals surface area contributed by atoms with Crippen LogP contribution in [0.1, 0.15) is 46.5 Å². The summed E-state index contributed by atoms with van der Waals surface area (Å²) < 4.78 is 16.4. The Balaban J connectivity index is 3.57. The van der Waals surface area contributed by atoms with E-state index in [2.05, 4.69) is 11.9 Å². The summed E-state index contributed by atoms with van der Waals surface area (Å²) in [6.45, 7) is 10.5. The quantitative estimate of drug-likeness (QED) is 0.443. The van der Waals surface area contributed by atoms with E-state index >= 15 is 0 Å². The molecule has 20 heavy (non-hydrogen) atoms. The van der Waals surface area contributed by atoms with Gasteiger partial charge in [-0.15, -0.1) is 0 Å². The molecular weight excluding hydrogens is 274 g/mol. The summed E-state index contributed by atoms with van der Waals surface area (Å²) in [6.07, 6.45) is 4.05. The predicted molar refractivity (Wildman–Crippen MR) is 83.2 cm³/mol. The largest absolute Gasteiger partial charge is 0.450 e. The van der Waals surface area contributed by atoms with Gasteiger partial charge in [0, 0.05) is 19.8 Å². The van der Waals surface area contributed by atoms with Crippen LogP contribution in [0.5, 0.6) is 0 Å². The Morgan fingerprint density at radius 3 is 2.10 bits per heavy atom. The molecule has 1 N–H and O–H groups in total. The Bertz CT molecular complexity index is 245. The van der Waals surface area contributed by atoms with Gasteiger partial charge in [0.15, 0.2) is 0 Å². The van der Waals surface area contributed by atoms with Crippen molar-refractivity contribution in [2.45, 2.75) is 59.0 Å². The highest BCUT2D eigenvalue weighted by atomic mass is 28.4. The SMILES string of the molecule is CCOC(=O)NCCCCCC[Si](C)(OCC)OCC. The van der Waals surface area contributed by atoms with Gasteiger partial charge in [-0.3, -0.25) is 0 Å². The molecule has 0 saturated heterocycles. The van der Waals surface area contributed by atoms with Crippen molar-refractivity contribution in [3.8, 4) is 0 Å². The first-order valence-electron chi connectivity index (χ1n) is 7.76. The molecule has 1 amide bonds. The maximum Gasteiger partial charge on any atom is 0.407 e. The average molecular weight is 305 g/mol. The number of nitrogens with one attached hydrogen (secondary N) is 1. The molecule has 0 radical (unpaired) electrons. The zero-order valence-electron chi connectivity index (χ0n) is 13.5. The summed E-state index contributed by atoms with van der Waals surface area (Å²) in [4.78, 5) is 11.0. The highest BCUT2D eigenvalue weighted by molar-refractivity contribution is 6.66. The van der Waals surface area contributed by atoms with Crippen molar-refractivity contribution in [3.63, 3.8) is 0 Å². The summed E-state index contributed by atoms with van der Waals surface area (Å²) in [7, 11) is -1.94. The fraction of sp³-hybridized carbons (Fsp3) is 0.929. The number of unbranched alkanes of at least 4 members (excludes halogenated alkanes) is 3. The van der Waals surface area contributed by atoms with E-state index in [9.17, 15) is 4.79 Å². The molecule has 0 spiro atoms. The topological polar surface area (TPSA) is 56.8 Å². The van der Waals surface area contributed by atoms with Crippen molar-refractivity contribution in [2.75, 3.05) is 26.4 Å². The van der Waals surface area contributed by atoms with E-state index in [-0.39, 0.29) is 6.09 Å². The lowest BCUT2D eigenvalue weighted by molar-refractivity contribution is 0.152. The van der Waals surface area contributed by atoms with Crippen LogP contribution in [-0.2, 0) is 13.6 Å². The summed E-state index contributed by atoms with van der Waals surface area (Å²) >= 11 is 0. The van der Waals surface area contributed by atoms with Crippen molar-refractivity contribution in [1.29, 1.82) is 0 Å². The van der Waals surface area contributed by atoms with Crippen LogP contribution in [0, 0.1) is 0 Å². The number of carbonyl (C=O) groups is 1. The average Bonchev–Trinajstić information content (AvgIpc) is 2.38. The molecule has 5 nitrogen and oxygen atoms in total. The first-order chi connectivity index (χ1) is 9.58. The van der Waals surface area contributed by atoms with E-state index < -0.39 is 8.56 Å². The highest BCUT2D eigenvalue weighted by Crippen LogP contribution is 2.18. The molecule has 0 aromatic rings. The van der Waals surface area contributed by atoms with E-state index in [4.69, 9.17) is 13.6 Å². The molecule has 0 aromatic heterocycles. The molecule has 0 rings (SSSR count). The van der Waals surface area contributed by atoms with E-state index in [1.165, 1.54) is 0 Å². The molecule has 0 saturated carbocycles. The molecule has 6 heteroatoms. The molecule has 0 bridgehead atoms. The van der Waals surface area contributed by atoms with Gasteiger partial charge in [-0.05, 0) is 39.8 Å². The number of rotatable bonds is 12. The van der Waals surface area contributed by atoms with Gasteiger partial charge >= 0.3 is 14.7 Å². The van der Waals surface area contributed by atoms with E-state index in [1.54, 1.807) is 6.92 Å². The van der Waals surface area contributed by atoms with Gasteiger partial charge in [-0.2, -0.15) is 0 Å². The second kappa shape index (κ2) is 12.2. The van der Waals surface area contributed by atoms with E-state index in [0.29, 0.717) is 13.2 Å². The molecule has 0 aromatic carbocycles. The zero-order chi connectivity index (χ0) is 15.3. The summed E-state index contributed by atoms with van der Waals surface area (Å²) in [5, 5.41) is 2.73. The van der Waals surface area contributed by atoms with Crippen LogP contribution in [0.3, 0.4) is 0 Å². The molecule has 0 aliphatic heterocycles. The minimum atomic E-state index is -1.94. The first kappa shape index (κ1) is 19.4. The van der Waals surface area contributed by atoms with Crippen LogP contribution in [0.15, 0.2) is 0 Å². The van der Waals surface area contributed by atoms with Crippen LogP contribution in [0.25, 0.3) is 0 Å². The van der Waals surface area contributed by atoms with Crippen LogP contribution < -0.4 is 5.32 Å². The van der Waals surface area contributed by atoms with Crippen LogP contribution in [-0.4, -0.2) is 41.0 Å². The third kappa shape index (κ3) is 10.2. The van der Waals surface area contributed by atoms with Gasteiger partial charge in [0.25, 0.3) is 0 Å². The second-order valence-electron chi connectivity index (χ2n) is 4.81. The van der Waals surface area contributed by atoms with Crippen LogP contribution >= 0.6 is 0 Å². The van der Waals surface area contributed by atoms with Crippen LogP contribution in [0.4, 0.5) is 4.79 Å². The Morgan fingerprint density at radius 2 is 1.55 bits per heavy atom. The molecule has 0 fully saturated rings. The normalized spacial score (nSPS) is 11.4. The lowest BCUT2D eigenvalue weighted by Gasteiger charge is -2.25. The number of hydrogen-bond donors (Lipinski definition) is 1. The van der Waals surface area contributed by atoms with Gasteiger partial charge in [-0.1, -0.05) is 19.3 Å². The maximum atomic E-state index is 11.0. The number of hydrogen-bond acceptors (Lipinski definition) is 4. The monoisotopic (exact) mass is 305 g/mol. The Morgan fingerprint density at radius 1 is 0.950 bits per heavy atom. The van der Waals surface area contributed by atoms with Gasteiger partial charge in [-0.25, -0.2) is 4.79 Å². The van der Waals surface area contributed by atoms with Crippen molar-refractivity contribution in [1.82, 2.24) is 5.32 Å². The fourth-order valence-electron chi connectivity index (χ4n) is 2.09. The van der Waals surface area contributed by atoms with Gasteiger partial charge in [0.05, 0.1) is 6.61 Å². The standard InChI is InChI=1S/C14H31NO4Si/c1-5-17-14(16)15-12-10-8-9-11-13-20(4,18-6-2)19-7-3/h5-13H2,1-4H3,(H,15,16).